The first-order valence-corrected chi connectivity index (χ1v) is 13.5. The van der Waals surface area contributed by atoms with Crippen molar-refractivity contribution in [1.82, 2.24) is 0 Å². The zero-order valence-corrected chi connectivity index (χ0v) is 22.2. The fourth-order valence-corrected chi connectivity index (χ4v) is 6.11. The molecule has 0 amide bonds. The Balaban J connectivity index is 1.55. The second-order valence-corrected chi connectivity index (χ2v) is 10.8. The first-order chi connectivity index (χ1) is 19.4. The normalized spacial score (nSPS) is 16.1. The van der Waals surface area contributed by atoms with Gasteiger partial charge in [-0.3, -0.25) is 0 Å². The van der Waals surface area contributed by atoms with E-state index in [1.54, 1.807) is 6.07 Å². The number of aliphatic hydroxyl groups is 1. The summed E-state index contributed by atoms with van der Waals surface area (Å²) in [5.74, 6) is 0.250. The van der Waals surface area contributed by atoms with Gasteiger partial charge in [-0.1, -0.05) is 105 Å². The summed E-state index contributed by atoms with van der Waals surface area (Å²) in [6, 6.07) is 33.0. The molecule has 2 heterocycles. The summed E-state index contributed by atoms with van der Waals surface area (Å²) >= 11 is 0. The first-order valence-electron chi connectivity index (χ1n) is 13.5. The van der Waals surface area contributed by atoms with Gasteiger partial charge in [-0.05, 0) is 34.6 Å². The Morgan fingerprint density at radius 3 is 2.25 bits per heavy atom. The third-order valence-corrected chi connectivity index (χ3v) is 8.14. The summed E-state index contributed by atoms with van der Waals surface area (Å²) in [7, 11) is -1.65. The number of hydrogen-bond acceptors (Lipinski definition) is 5. The number of fused-ring (bicyclic) bond motifs is 5. The van der Waals surface area contributed by atoms with E-state index in [1.807, 2.05) is 97.1 Å². The average Bonchev–Trinajstić information content (AvgIpc) is 3.35. The number of nitrogens with one attached hydrogen (secondary N) is 1. The van der Waals surface area contributed by atoms with Crippen molar-refractivity contribution in [2.45, 2.75) is 25.4 Å². The van der Waals surface area contributed by atoms with Gasteiger partial charge in [-0.15, -0.1) is 0 Å². The van der Waals surface area contributed by atoms with Gasteiger partial charge in [0.25, 0.3) is 0 Å². The second-order valence-electron chi connectivity index (χ2n) is 10.8. The molecule has 1 aromatic heterocycles. The highest BCUT2D eigenvalue weighted by Crippen LogP contribution is 2.52. The van der Waals surface area contributed by atoms with Crippen LogP contribution in [0.2, 0.25) is 0 Å². The molecule has 0 saturated heterocycles. The summed E-state index contributed by atoms with van der Waals surface area (Å²) in [4.78, 5) is 0. The van der Waals surface area contributed by atoms with Crippen molar-refractivity contribution in [3.8, 4) is 11.1 Å². The molecule has 0 radical (unpaired) electrons. The Bertz CT molecular complexity index is 1930. The summed E-state index contributed by atoms with van der Waals surface area (Å²) in [5.41, 5.74) is 6.30. The number of para-hydroxylation sites is 4. The molecule has 0 saturated carbocycles. The summed E-state index contributed by atoms with van der Waals surface area (Å²) in [6.07, 6.45) is 0. The van der Waals surface area contributed by atoms with Crippen molar-refractivity contribution < 1.29 is 19.6 Å². The Morgan fingerprint density at radius 2 is 1.43 bits per heavy atom. The minimum absolute atomic E-state index is 0.250. The number of rotatable bonds is 4. The van der Waals surface area contributed by atoms with Gasteiger partial charge in [-0.2, -0.15) is 0 Å². The monoisotopic (exact) mass is 525 g/mol. The minimum atomic E-state index is -1.65. The van der Waals surface area contributed by atoms with Gasteiger partial charge in [-0.25, -0.2) is 0 Å². The summed E-state index contributed by atoms with van der Waals surface area (Å²) < 4.78 is 6.39. The van der Waals surface area contributed by atoms with Gasteiger partial charge in [0, 0.05) is 38.7 Å². The van der Waals surface area contributed by atoms with E-state index in [9.17, 15) is 15.2 Å². The molecule has 4 N–H and O–H groups in total. The molecule has 7 rings (SSSR count). The Hall–Kier alpha value is -4.36. The second kappa shape index (κ2) is 9.10. The van der Waals surface area contributed by atoms with E-state index < -0.39 is 12.7 Å². The number of anilines is 2. The van der Waals surface area contributed by atoms with Crippen molar-refractivity contribution in [1.29, 1.82) is 0 Å². The van der Waals surface area contributed by atoms with Gasteiger partial charge >= 0.3 is 7.12 Å². The molecule has 0 fully saturated rings. The minimum Gasteiger partial charge on any atom is -0.456 e. The van der Waals surface area contributed by atoms with Gasteiger partial charge in [0.15, 0.2) is 0 Å². The first kappa shape index (κ1) is 24.7. The molecular formula is C34H28BNO4. The molecule has 6 aromatic rings. The molecule has 6 heteroatoms. The van der Waals surface area contributed by atoms with E-state index in [4.69, 9.17) is 4.42 Å². The van der Waals surface area contributed by atoms with Gasteiger partial charge in [0.2, 0.25) is 0 Å². The van der Waals surface area contributed by atoms with Gasteiger partial charge in [0.05, 0.1) is 5.69 Å². The lowest BCUT2D eigenvalue weighted by Gasteiger charge is -2.38. The lowest BCUT2D eigenvalue weighted by atomic mass is 9.71. The van der Waals surface area contributed by atoms with Crippen LogP contribution in [0.25, 0.3) is 33.1 Å². The lowest BCUT2D eigenvalue weighted by Crippen LogP contribution is -2.35. The molecule has 196 valence electrons. The summed E-state index contributed by atoms with van der Waals surface area (Å²) in [6.45, 7) is 4.21. The molecule has 0 spiro atoms. The summed E-state index contributed by atoms with van der Waals surface area (Å²) in [5, 5.41) is 39.1. The molecule has 5 aromatic carbocycles. The smallest absolute Gasteiger partial charge is 0.456 e. The van der Waals surface area contributed by atoms with Crippen molar-refractivity contribution >= 4 is 45.9 Å². The molecule has 1 aliphatic heterocycles. The van der Waals surface area contributed by atoms with E-state index in [0.717, 1.165) is 33.2 Å². The Morgan fingerprint density at radius 1 is 0.725 bits per heavy atom. The lowest BCUT2D eigenvalue weighted by molar-refractivity contribution is 0.126. The Kier molecular flexibility index (Phi) is 5.61. The molecule has 5 nitrogen and oxygen atoms in total. The van der Waals surface area contributed by atoms with Gasteiger partial charge < -0.3 is 24.9 Å². The van der Waals surface area contributed by atoms with Crippen LogP contribution in [-0.2, 0) is 5.60 Å². The zero-order chi connectivity index (χ0) is 27.6. The van der Waals surface area contributed by atoms with Crippen molar-refractivity contribution in [2.24, 2.45) is 0 Å². The molecular weight excluding hydrogens is 497 g/mol. The van der Waals surface area contributed by atoms with Crippen LogP contribution in [0.4, 0.5) is 11.4 Å². The predicted octanol–water partition coefficient (Wildman–Crippen LogP) is 6.40. The van der Waals surface area contributed by atoms with E-state index >= 15 is 0 Å². The SMILES string of the molecule is CC(C)c1ccc(B(O)O)c(-c2cccc3c2Nc2ccccc2C3(O)c2cccc3c2oc2ccccc23)c1. The van der Waals surface area contributed by atoms with Crippen LogP contribution in [-0.4, -0.2) is 22.3 Å². The standard InChI is InChI=1S/C34H28BNO4/c1-20(2)21-17-18-29(35(38)39)25(19-21)23-10-7-13-27-32(23)36-30-15-5-4-12-26(30)34(27,37)28-14-8-11-24-22-9-3-6-16-31(22)40-33(24)28/h3-20,36-39H,1-2H3. The van der Waals surface area contributed by atoms with Crippen molar-refractivity contribution in [3.05, 3.63) is 125 Å². The maximum Gasteiger partial charge on any atom is 0.489 e. The maximum absolute atomic E-state index is 13.0. The molecule has 1 aliphatic rings. The van der Waals surface area contributed by atoms with Crippen molar-refractivity contribution in [2.75, 3.05) is 5.32 Å². The fraction of sp³-hybridized carbons (Fsp3) is 0.118. The molecule has 0 bridgehead atoms. The third kappa shape index (κ3) is 3.54. The zero-order valence-electron chi connectivity index (χ0n) is 22.2. The molecule has 1 atom stereocenters. The largest absolute Gasteiger partial charge is 0.489 e. The van der Waals surface area contributed by atoms with Crippen LogP contribution in [0, 0.1) is 0 Å². The van der Waals surface area contributed by atoms with E-state index in [2.05, 4.69) is 19.2 Å². The molecule has 1 unspecified atom stereocenters. The highest BCUT2D eigenvalue weighted by atomic mass is 16.4. The highest BCUT2D eigenvalue weighted by molar-refractivity contribution is 6.60. The topological polar surface area (TPSA) is 85.9 Å². The maximum atomic E-state index is 13.0. The number of furan rings is 1. The van der Waals surface area contributed by atoms with Crippen LogP contribution in [0.3, 0.4) is 0 Å². The van der Waals surface area contributed by atoms with Crippen molar-refractivity contribution in [3.63, 3.8) is 0 Å². The predicted molar refractivity (Wildman–Crippen MR) is 161 cm³/mol. The van der Waals surface area contributed by atoms with E-state index in [1.165, 1.54) is 0 Å². The molecule has 40 heavy (non-hydrogen) atoms. The average molecular weight is 525 g/mol. The Labute approximate surface area is 232 Å². The van der Waals surface area contributed by atoms with Crippen LogP contribution < -0.4 is 10.8 Å². The van der Waals surface area contributed by atoms with Gasteiger partial charge in [0.1, 0.15) is 16.8 Å². The van der Waals surface area contributed by atoms with Crippen LogP contribution >= 0.6 is 0 Å². The quantitative estimate of drug-likeness (QED) is 0.200. The highest BCUT2D eigenvalue weighted by Gasteiger charge is 2.43. The van der Waals surface area contributed by atoms with Crippen LogP contribution in [0.1, 0.15) is 42.0 Å². The van der Waals surface area contributed by atoms with Crippen LogP contribution in [0.5, 0.6) is 0 Å². The number of hydrogen-bond donors (Lipinski definition) is 4. The fourth-order valence-electron chi connectivity index (χ4n) is 6.11. The van der Waals surface area contributed by atoms with Crippen LogP contribution in [0.15, 0.2) is 108 Å². The molecule has 0 aliphatic carbocycles. The van der Waals surface area contributed by atoms with E-state index in [0.29, 0.717) is 39.0 Å². The van der Waals surface area contributed by atoms with E-state index in [-0.39, 0.29) is 5.92 Å². The number of benzene rings is 5. The third-order valence-electron chi connectivity index (χ3n) is 8.14.